The van der Waals surface area contributed by atoms with E-state index in [1.165, 1.54) is 107 Å². The van der Waals surface area contributed by atoms with Crippen molar-refractivity contribution in [2.24, 2.45) is 0 Å². The van der Waals surface area contributed by atoms with E-state index >= 15 is 0 Å². The molecule has 24 heavy (non-hydrogen) atoms. The molecule has 0 unspecified atom stereocenters. The van der Waals surface area contributed by atoms with Crippen molar-refractivity contribution >= 4 is 6.08 Å². The van der Waals surface area contributed by atoms with Crippen molar-refractivity contribution in [3.05, 3.63) is 42.0 Å². The molecule has 1 aromatic rings. The van der Waals surface area contributed by atoms with E-state index in [4.69, 9.17) is 0 Å². The summed E-state index contributed by atoms with van der Waals surface area (Å²) in [5, 5.41) is 0. The highest BCUT2D eigenvalue weighted by atomic mass is 14.0. The zero-order valence-corrected chi connectivity index (χ0v) is 16.2. The third-order valence-electron chi connectivity index (χ3n) is 5.03. The SMILES string of the molecule is C=Cc1ccc(CCCCCCCCCCCCCCCC)cc1. The van der Waals surface area contributed by atoms with Crippen molar-refractivity contribution in [2.45, 2.75) is 103 Å². The molecular formula is C24H40. The topological polar surface area (TPSA) is 0 Å². The maximum absolute atomic E-state index is 3.80. The van der Waals surface area contributed by atoms with Crippen LogP contribution < -0.4 is 0 Å². The van der Waals surface area contributed by atoms with Crippen LogP contribution in [0.25, 0.3) is 6.08 Å². The van der Waals surface area contributed by atoms with Gasteiger partial charge < -0.3 is 0 Å². The van der Waals surface area contributed by atoms with E-state index in [0.717, 1.165) is 0 Å². The van der Waals surface area contributed by atoms with Crippen LogP contribution in [-0.4, -0.2) is 0 Å². The molecule has 0 saturated heterocycles. The molecule has 0 heterocycles. The first-order valence-electron chi connectivity index (χ1n) is 10.6. The lowest BCUT2D eigenvalue weighted by molar-refractivity contribution is 0.535. The summed E-state index contributed by atoms with van der Waals surface area (Å²) < 4.78 is 0. The molecule has 0 aromatic heterocycles. The zero-order valence-electron chi connectivity index (χ0n) is 16.2. The predicted molar refractivity (Wildman–Crippen MR) is 111 cm³/mol. The Hall–Kier alpha value is -1.04. The van der Waals surface area contributed by atoms with Gasteiger partial charge in [0.1, 0.15) is 0 Å². The minimum absolute atomic E-state index is 1.22. The fourth-order valence-electron chi connectivity index (χ4n) is 3.34. The molecule has 0 bridgehead atoms. The van der Waals surface area contributed by atoms with Gasteiger partial charge in [0.2, 0.25) is 0 Å². The highest BCUT2D eigenvalue weighted by Crippen LogP contribution is 2.14. The first-order chi connectivity index (χ1) is 11.9. The number of hydrogen-bond donors (Lipinski definition) is 0. The first-order valence-corrected chi connectivity index (χ1v) is 10.6. The average molecular weight is 329 g/mol. The molecule has 0 radical (unpaired) electrons. The fraction of sp³-hybridized carbons (Fsp3) is 0.667. The van der Waals surface area contributed by atoms with Gasteiger partial charge in [-0.2, -0.15) is 0 Å². The van der Waals surface area contributed by atoms with Crippen LogP contribution in [0.2, 0.25) is 0 Å². The van der Waals surface area contributed by atoms with Crippen molar-refractivity contribution in [1.29, 1.82) is 0 Å². The van der Waals surface area contributed by atoms with Gasteiger partial charge in [-0.3, -0.25) is 0 Å². The van der Waals surface area contributed by atoms with Gasteiger partial charge >= 0.3 is 0 Å². The number of aryl methyl sites for hydroxylation is 1. The van der Waals surface area contributed by atoms with E-state index in [1.54, 1.807) is 0 Å². The van der Waals surface area contributed by atoms with Crippen molar-refractivity contribution in [3.8, 4) is 0 Å². The molecule has 0 heteroatoms. The molecule has 0 spiro atoms. The number of unbranched alkanes of at least 4 members (excludes halogenated alkanes) is 13. The minimum Gasteiger partial charge on any atom is -0.0985 e. The average Bonchev–Trinajstić information content (AvgIpc) is 2.62. The molecular weight excluding hydrogens is 288 g/mol. The summed E-state index contributed by atoms with van der Waals surface area (Å²) in [6, 6.07) is 8.84. The van der Waals surface area contributed by atoms with Crippen molar-refractivity contribution < 1.29 is 0 Å². The van der Waals surface area contributed by atoms with Gasteiger partial charge in [-0.25, -0.2) is 0 Å². The van der Waals surface area contributed by atoms with Crippen LogP contribution in [0.3, 0.4) is 0 Å². The number of rotatable bonds is 16. The van der Waals surface area contributed by atoms with Crippen LogP contribution in [0.1, 0.15) is 108 Å². The summed E-state index contributed by atoms with van der Waals surface area (Å²) in [7, 11) is 0. The lowest BCUT2D eigenvalue weighted by Gasteiger charge is -2.04. The van der Waals surface area contributed by atoms with E-state index in [-0.39, 0.29) is 0 Å². The van der Waals surface area contributed by atoms with Gasteiger partial charge in [-0.05, 0) is 24.0 Å². The van der Waals surface area contributed by atoms with Crippen molar-refractivity contribution in [2.75, 3.05) is 0 Å². The molecule has 0 aliphatic heterocycles. The molecule has 1 rings (SSSR count). The Morgan fingerprint density at radius 3 is 1.46 bits per heavy atom. The van der Waals surface area contributed by atoms with Gasteiger partial charge in [-0.1, -0.05) is 127 Å². The summed E-state index contributed by atoms with van der Waals surface area (Å²) in [4.78, 5) is 0. The standard InChI is InChI=1S/C24H40/c1-3-5-6-7-8-9-10-11-12-13-14-15-16-17-18-24-21-19-23(4-2)20-22-24/h4,19-22H,2-3,5-18H2,1H3. The van der Waals surface area contributed by atoms with E-state index in [9.17, 15) is 0 Å². The number of hydrogen-bond acceptors (Lipinski definition) is 0. The molecule has 0 N–H and O–H groups in total. The third kappa shape index (κ3) is 11.5. The summed E-state index contributed by atoms with van der Waals surface area (Å²) in [5.41, 5.74) is 2.69. The second kappa shape index (κ2) is 15.5. The maximum Gasteiger partial charge on any atom is -0.0262 e. The van der Waals surface area contributed by atoms with Crippen LogP contribution in [0.15, 0.2) is 30.8 Å². The minimum atomic E-state index is 1.22. The zero-order chi connectivity index (χ0) is 17.3. The van der Waals surface area contributed by atoms with Crippen LogP contribution in [-0.2, 0) is 6.42 Å². The molecule has 0 fully saturated rings. The molecule has 0 aliphatic carbocycles. The van der Waals surface area contributed by atoms with E-state index in [1.807, 2.05) is 6.08 Å². The Balaban J connectivity index is 1.81. The lowest BCUT2D eigenvalue weighted by atomic mass is 10.0. The van der Waals surface area contributed by atoms with Crippen LogP contribution in [0, 0.1) is 0 Å². The molecule has 0 aliphatic rings. The Bertz CT molecular complexity index is 387. The van der Waals surface area contributed by atoms with Crippen molar-refractivity contribution in [1.82, 2.24) is 0 Å². The fourth-order valence-corrected chi connectivity index (χ4v) is 3.34. The van der Waals surface area contributed by atoms with E-state index in [0.29, 0.717) is 0 Å². The van der Waals surface area contributed by atoms with Crippen LogP contribution >= 0.6 is 0 Å². The second-order valence-corrected chi connectivity index (χ2v) is 7.29. The maximum atomic E-state index is 3.80. The van der Waals surface area contributed by atoms with Crippen LogP contribution in [0.4, 0.5) is 0 Å². The Kier molecular flexibility index (Phi) is 13.6. The monoisotopic (exact) mass is 328 g/mol. The van der Waals surface area contributed by atoms with Gasteiger partial charge in [0.15, 0.2) is 0 Å². The smallest absolute Gasteiger partial charge is 0.0262 e. The summed E-state index contributed by atoms with van der Waals surface area (Å²) in [6.45, 7) is 6.09. The van der Waals surface area contributed by atoms with Gasteiger partial charge in [-0.15, -0.1) is 0 Å². The summed E-state index contributed by atoms with van der Waals surface area (Å²) in [5.74, 6) is 0. The number of benzene rings is 1. The largest absolute Gasteiger partial charge is 0.0985 e. The Morgan fingerprint density at radius 2 is 1.04 bits per heavy atom. The highest BCUT2D eigenvalue weighted by Gasteiger charge is 1.96. The molecule has 0 atom stereocenters. The summed E-state index contributed by atoms with van der Waals surface area (Å²) in [6.07, 6.45) is 23.2. The Labute approximate surface area is 151 Å². The van der Waals surface area contributed by atoms with Crippen molar-refractivity contribution in [3.63, 3.8) is 0 Å². The molecule has 0 nitrogen and oxygen atoms in total. The third-order valence-corrected chi connectivity index (χ3v) is 5.03. The molecule has 1 aromatic carbocycles. The van der Waals surface area contributed by atoms with Gasteiger partial charge in [0.05, 0.1) is 0 Å². The van der Waals surface area contributed by atoms with E-state index in [2.05, 4.69) is 37.8 Å². The van der Waals surface area contributed by atoms with Gasteiger partial charge in [0.25, 0.3) is 0 Å². The highest BCUT2D eigenvalue weighted by molar-refractivity contribution is 5.47. The normalized spacial score (nSPS) is 10.9. The van der Waals surface area contributed by atoms with Crippen LogP contribution in [0.5, 0.6) is 0 Å². The first kappa shape index (κ1) is 21.0. The predicted octanol–water partition coefficient (Wildman–Crippen LogP) is 8.35. The lowest BCUT2D eigenvalue weighted by Crippen LogP contribution is -1.87. The summed E-state index contributed by atoms with van der Waals surface area (Å²) >= 11 is 0. The van der Waals surface area contributed by atoms with Gasteiger partial charge in [0, 0.05) is 0 Å². The van der Waals surface area contributed by atoms with E-state index < -0.39 is 0 Å². The quantitative estimate of drug-likeness (QED) is 0.267. The molecule has 136 valence electrons. The molecule has 0 saturated carbocycles. The second-order valence-electron chi connectivity index (χ2n) is 7.29. The molecule has 0 amide bonds. The Morgan fingerprint density at radius 1 is 0.625 bits per heavy atom.